The van der Waals surface area contributed by atoms with Crippen molar-refractivity contribution >= 4 is 24.9 Å². The molecule has 286 valence electrons. The van der Waals surface area contributed by atoms with E-state index in [1.54, 1.807) is 0 Å². The number of hydrogen-bond acceptors (Lipinski definition) is 5. The predicted molar refractivity (Wildman–Crippen MR) is 220 cm³/mol. The van der Waals surface area contributed by atoms with E-state index in [9.17, 15) is 4.79 Å². The lowest BCUT2D eigenvalue weighted by Crippen LogP contribution is -2.02. The fourth-order valence-electron chi connectivity index (χ4n) is 5.15. The van der Waals surface area contributed by atoms with Crippen LogP contribution in [0, 0.1) is 0 Å². The highest BCUT2D eigenvalue weighted by Crippen LogP contribution is 2.14. The molecule has 0 saturated carbocycles. The molecule has 0 aromatic rings. The molecule has 0 aliphatic heterocycles. The first-order valence-corrected chi connectivity index (χ1v) is 20.6. The van der Waals surface area contributed by atoms with Crippen LogP contribution >= 0.6 is 18.9 Å². The average molecular weight is 721 g/mol. The van der Waals surface area contributed by atoms with Gasteiger partial charge in [0.1, 0.15) is 0 Å². The first-order valence-electron chi connectivity index (χ1n) is 19.6. The van der Waals surface area contributed by atoms with Crippen molar-refractivity contribution in [3.63, 3.8) is 0 Å². The second kappa shape index (κ2) is 44.2. The fourth-order valence-corrected chi connectivity index (χ4v) is 5.60. The average Bonchev–Trinajstić information content (AvgIpc) is 3.11. The van der Waals surface area contributed by atoms with Gasteiger partial charge in [-0.25, -0.2) is 0 Å². The van der Waals surface area contributed by atoms with Crippen molar-refractivity contribution in [3.05, 3.63) is 48.6 Å². The second-order valence-electron chi connectivity index (χ2n) is 12.8. The smallest absolute Gasteiger partial charge is 0.305 e. The van der Waals surface area contributed by atoms with Gasteiger partial charge in [-0.05, 0) is 96.3 Å². The Morgan fingerprint density at radius 1 is 0.562 bits per heavy atom. The number of rotatable bonds is 34. The Hall–Kier alpha value is -0.830. The summed E-state index contributed by atoms with van der Waals surface area (Å²) in [4.78, 5) is 10.9. The third kappa shape index (κ3) is 41.3. The van der Waals surface area contributed by atoms with Gasteiger partial charge in [0.25, 0.3) is 0 Å². The van der Waals surface area contributed by atoms with Crippen LogP contribution in [0.4, 0.5) is 0 Å². The second-order valence-corrected chi connectivity index (χ2v) is 13.4. The van der Waals surface area contributed by atoms with Crippen LogP contribution in [0.2, 0.25) is 0 Å². The first kappa shape index (κ1) is 49.3. The molecule has 0 aromatic carbocycles. The third-order valence-corrected chi connectivity index (χ3v) is 9.01. The fraction of sp³-hybridized carbons (Fsp3) is 0.780. The number of carbonyl (C=O) groups is 1. The van der Waals surface area contributed by atoms with Crippen LogP contribution in [0.3, 0.4) is 0 Å². The van der Waals surface area contributed by atoms with Gasteiger partial charge in [-0.3, -0.25) is 4.79 Å². The highest BCUT2D eigenvalue weighted by molar-refractivity contribution is 7.10. The van der Waals surface area contributed by atoms with E-state index in [4.69, 9.17) is 14.2 Å². The Morgan fingerprint density at radius 2 is 0.917 bits per heavy atom. The molecule has 4 unspecified atom stereocenters. The SMILES string of the molecule is CCCCC(/C=C\CCCCCCC/C=C\CCCC(=O)OC)OP.CCCCC(/C=C\CCCCCCC/C=C\CCCCO)OP.[3HH].[3HH]. The molecule has 7 heteroatoms. The summed E-state index contributed by atoms with van der Waals surface area (Å²) < 4.78 is 15.4. The largest absolute Gasteiger partial charge is 0.469 e. The van der Waals surface area contributed by atoms with Crippen molar-refractivity contribution in [2.45, 2.75) is 193 Å². The lowest BCUT2D eigenvalue weighted by molar-refractivity contribution is -0.140. The predicted octanol–water partition coefficient (Wildman–Crippen LogP) is 13.4. The first-order chi connectivity index (χ1) is 23.6. The van der Waals surface area contributed by atoms with E-state index in [-0.39, 0.29) is 21.0 Å². The van der Waals surface area contributed by atoms with Crippen molar-refractivity contribution in [1.29, 1.82) is 0 Å². The van der Waals surface area contributed by atoms with Crippen molar-refractivity contribution in [1.82, 2.24) is 0 Å². The quantitative estimate of drug-likeness (QED) is 0.0310. The summed E-state index contributed by atoms with van der Waals surface area (Å²) in [7, 11) is 6.22. The van der Waals surface area contributed by atoms with Gasteiger partial charge < -0.3 is 18.9 Å². The van der Waals surface area contributed by atoms with Crippen LogP contribution in [0.25, 0.3) is 0 Å². The summed E-state index contributed by atoms with van der Waals surface area (Å²) in [5.41, 5.74) is 0. The normalized spacial score (nSPS) is 13.1. The van der Waals surface area contributed by atoms with Crippen LogP contribution < -0.4 is 0 Å². The molecule has 0 aliphatic rings. The van der Waals surface area contributed by atoms with Crippen LogP contribution in [0.15, 0.2) is 48.6 Å². The van der Waals surface area contributed by atoms with E-state index >= 15 is 0 Å². The van der Waals surface area contributed by atoms with Crippen LogP contribution in [-0.4, -0.2) is 37.0 Å². The number of esters is 1. The van der Waals surface area contributed by atoms with Gasteiger partial charge in [0.05, 0.1) is 19.3 Å². The summed E-state index contributed by atoms with van der Waals surface area (Å²) in [6.45, 7) is 4.76. The molecule has 4 atom stereocenters. The lowest BCUT2D eigenvalue weighted by Gasteiger charge is -2.09. The number of ether oxygens (including phenoxy) is 1. The minimum absolute atomic E-state index is 0. The van der Waals surface area contributed by atoms with Crippen LogP contribution in [0.5, 0.6) is 0 Å². The molecule has 0 heterocycles. The molecule has 0 fully saturated rings. The molecular weight excluding hydrogens is 634 g/mol. The van der Waals surface area contributed by atoms with Crippen molar-refractivity contribution in [2.24, 2.45) is 0 Å². The maximum atomic E-state index is 10.9. The zero-order chi connectivity index (χ0) is 35.6. The summed E-state index contributed by atoms with van der Waals surface area (Å²) in [5, 5.41) is 8.68. The van der Waals surface area contributed by atoms with Crippen molar-refractivity contribution < 1.29 is 26.5 Å². The molecular formula is C41H82O5P2. The molecule has 0 bridgehead atoms. The zero-order valence-electron chi connectivity index (χ0n) is 31.6. The molecule has 0 amide bonds. The minimum atomic E-state index is -0.110. The molecule has 0 rings (SSSR count). The van der Waals surface area contributed by atoms with Crippen molar-refractivity contribution in [2.75, 3.05) is 13.7 Å². The Bertz CT molecular complexity index is 765. The number of hydrogen-bond donors (Lipinski definition) is 1. The van der Waals surface area contributed by atoms with Gasteiger partial charge in [-0.15, -0.1) is 0 Å². The zero-order valence-corrected chi connectivity index (χ0v) is 33.9. The minimum Gasteiger partial charge on any atom is -0.469 e. The van der Waals surface area contributed by atoms with E-state index in [2.05, 4.69) is 86.1 Å². The van der Waals surface area contributed by atoms with E-state index < -0.39 is 0 Å². The Morgan fingerprint density at radius 3 is 1.27 bits per heavy atom. The number of aliphatic hydroxyl groups excluding tert-OH is 1. The van der Waals surface area contributed by atoms with Gasteiger partial charge >= 0.3 is 5.97 Å². The number of aliphatic hydroxyl groups is 1. The Balaban J connectivity index is -0.000000408. The molecule has 0 spiro atoms. The molecule has 5 nitrogen and oxygen atoms in total. The number of allylic oxidation sites excluding steroid dienone is 6. The molecule has 0 aromatic heterocycles. The number of methoxy groups -OCH3 is 1. The van der Waals surface area contributed by atoms with E-state index in [1.165, 1.54) is 110 Å². The number of carbonyl (C=O) groups excluding carboxylic acids is 1. The standard InChI is InChI=1S/C21H39O3P.C20H39O2P.2H2/c1-3-4-17-20(24-25)18-15-13-11-9-7-5-6-8-10-12-14-16-19-21(22)23-2;1-2-3-17-20(22-23)18-15-13-11-9-7-5-4-6-8-10-12-14-16-19-21;;/h10,12,15,18,20H,3-9,11,13-14,16-17,19,25H2,1-2H3;8,10,15,18,20-21H,2-7,9,11-14,16-17,19,23H2,1H3;2*1H/b12-10-,18-15-;10-8-,18-15-;;/i;;2*1+2. The third-order valence-electron chi connectivity index (χ3n) is 8.31. The van der Waals surface area contributed by atoms with Crippen molar-refractivity contribution in [3.8, 4) is 0 Å². The van der Waals surface area contributed by atoms with Gasteiger partial charge in [-0.2, -0.15) is 0 Å². The summed E-state index contributed by atoms with van der Waals surface area (Å²) in [6, 6.07) is 0. The summed E-state index contributed by atoms with van der Waals surface area (Å²) >= 11 is 0. The summed E-state index contributed by atoms with van der Waals surface area (Å²) in [5.74, 6) is -0.110. The van der Waals surface area contributed by atoms with Gasteiger partial charge in [0.2, 0.25) is 0 Å². The topological polar surface area (TPSA) is 65.0 Å². The maximum absolute atomic E-state index is 10.9. The van der Waals surface area contributed by atoms with Gasteiger partial charge in [0, 0.05) is 34.8 Å². The lowest BCUT2D eigenvalue weighted by atomic mass is 10.1. The highest BCUT2D eigenvalue weighted by Gasteiger charge is 2.02. The molecule has 0 radical (unpaired) electrons. The number of unbranched alkanes of at least 4 members (excludes halogenated alkanes) is 17. The molecule has 1 N–H and O–H groups in total. The van der Waals surface area contributed by atoms with E-state index in [1.807, 2.05) is 0 Å². The molecule has 0 saturated heterocycles. The molecule has 0 aliphatic carbocycles. The van der Waals surface area contributed by atoms with Gasteiger partial charge in [0.15, 0.2) is 0 Å². The van der Waals surface area contributed by atoms with Gasteiger partial charge in [-0.1, -0.05) is 127 Å². The highest BCUT2D eigenvalue weighted by atomic mass is 31.0. The van der Waals surface area contributed by atoms with Crippen LogP contribution in [0.1, 0.15) is 184 Å². The maximum Gasteiger partial charge on any atom is 0.305 e. The Kier molecular flexibility index (Phi) is 45.4. The van der Waals surface area contributed by atoms with E-state index in [0.717, 1.165) is 57.8 Å². The van der Waals surface area contributed by atoms with E-state index in [0.29, 0.717) is 13.0 Å². The monoisotopic (exact) mass is 721 g/mol. The van der Waals surface area contributed by atoms with Crippen LogP contribution in [-0.2, 0) is 18.6 Å². The summed E-state index contributed by atoms with van der Waals surface area (Å²) in [6.07, 6.45) is 49.1. The molecule has 48 heavy (non-hydrogen) atoms. The Labute approximate surface area is 306 Å².